The zero-order valence-corrected chi connectivity index (χ0v) is 15.0. The summed E-state index contributed by atoms with van der Waals surface area (Å²) in [5.74, 6) is 0.171. The maximum Gasteiger partial charge on any atom is 0.337 e. The van der Waals surface area contributed by atoms with Crippen molar-refractivity contribution in [3.63, 3.8) is 0 Å². The number of hydrogen-bond acceptors (Lipinski definition) is 5. The van der Waals surface area contributed by atoms with E-state index in [1.807, 2.05) is 0 Å². The van der Waals surface area contributed by atoms with Gasteiger partial charge in [0.2, 0.25) is 0 Å². The van der Waals surface area contributed by atoms with Crippen molar-refractivity contribution >= 4 is 23.5 Å². The quantitative estimate of drug-likeness (QED) is 0.514. The summed E-state index contributed by atoms with van der Waals surface area (Å²) in [6.07, 6.45) is 0.997. The van der Waals surface area contributed by atoms with Gasteiger partial charge in [0, 0.05) is 13.2 Å². The molecule has 0 aliphatic heterocycles. The van der Waals surface area contributed by atoms with Crippen LogP contribution in [0.3, 0.4) is 0 Å². The molecular formula is C17H24ClNO5. The molecule has 0 aliphatic carbocycles. The molecule has 24 heavy (non-hydrogen) atoms. The van der Waals surface area contributed by atoms with Gasteiger partial charge in [-0.3, -0.25) is 4.79 Å². The van der Waals surface area contributed by atoms with Crippen molar-refractivity contribution in [1.82, 2.24) is 5.32 Å². The van der Waals surface area contributed by atoms with Gasteiger partial charge in [-0.1, -0.05) is 25.4 Å². The van der Waals surface area contributed by atoms with Crippen LogP contribution >= 0.6 is 11.6 Å². The number of amides is 1. The molecule has 7 heteroatoms. The van der Waals surface area contributed by atoms with Gasteiger partial charge >= 0.3 is 5.97 Å². The zero-order chi connectivity index (χ0) is 17.9. The molecule has 0 unspecified atom stereocenters. The van der Waals surface area contributed by atoms with Crippen LogP contribution in [0.2, 0.25) is 5.02 Å². The van der Waals surface area contributed by atoms with Gasteiger partial charge in [0.15, 0.2) is 6.61 Å². The molecule has 0 aromatic heterocycles. The van der Waals surface area contributed by atoms with Crippen molar-refractivity contribution in [3.8, 4) is 5.75 Å². The van der Waals surface area contributed by atoms with Crippen LogP contribution in [0.4, 0.5) is 0 Å². The first-order valence-corrected chi connectivity index (χ1v) is 8.17. The van der Waals surface area contributed by atoms with Crippen LogP contribution in [0, 0.1) is 5.92 Å². The lowest BCUT2D eigenvalue weighted by Crippen LogP contribution is -2.31. The first-order valence-electron chi connectivity index (χ1n) is 7.79. The number of carbonyl (C=O) groups excluding carboxylic acids is 2. The summed E-state index contributed by atoms with van der Waals surface area (Å²) in [7, 11) is 1.29. The molecule has 0 heterocycles. The summed E-state index contributed by atoms with van der Waals surface area (Å²) < 4.78 is 15.3. The molecule has 0 spiro atoms. The van der Waals surface area contributed by atoms with E-state index < -0.39 is 5.97 Å². The molecule has 0 saturated heterocycles. The fourth-order valence-corrected chi connectivity index (χ4v) is 1.98. The van der Waals surface area contributed by atoms with Crippen LogP contribution in [-0.2, 0) is 14.3 Å². The van der Waals surface area contributed by atoms with Gasteiger partial charge in [0.1, 0.15) is 5.75 Å². The summed E-state index contributed by atoms with van der Waals surface area (Å²) in [6.45, 7) is 5.68. The first kappa shape index (κ1) is 20.3. The van der Waals surface area contributed by atoms with Crippen molar-refractivity contribution in [1.29, 1.82) is 0 Å². The summed E-state index contributed by atoms with van der Waals surface area (Å²) in [5, 5.41) is 2.93. The molecule has 1 aromatic rings. The molecule has 0 fully saturated rings. The smallest absolute Gasteiger partial charge is 0.337 e. The van der Waals surface area contributed by atoms with E-state index in [9.17, 15) is 9.59 Å². The Morgan fingerprint density at radius 2 is 2.00 bits per heavy atom. The van der Waals surface area contributed by atoms with Crippen LogP contribution in [0.15, 0.2) is 18.2 Å². The second-order valence-electron chi connectivity index (χ2n) is 5.57. The lowest BCUT2D eigenvalue weighted by molar-refractivity contribution is -0.123. The molecule has 1 aromatic carbocycles. The topological polar surface area (TPSA) is 73.9 Å². The Morgan fingerprint density at radius 1 is 1.25 bits per heavy atom. The molecule has 0 atom stereocenters. The normalized spacial score (nSPS) is 10.5. The molecular weight excluding hydrogens is 334 g/mol. The van der Waals surface area contributed by atoms with E-state index in [-0.39, 0.29) is 17.5 Å². The lowest BCUT2D eigenvalue weighted by atomic mass is 10.1. The Morgan fingerprint density at radius 3 is 2.62 bits per heavy atom. The summed E-state index contributed by atoms with van der Waals surface area (Å²) in [4.78, 5) is 23.1. The van der Waals surface area contributed by atoms with Gasteiger partial charge in [-0.2, -0.15) is 0 Å². The molecule has 1 N–H and O–H groups in total. The highest BCUT2D eigenvalue weighted by molar-refractivity contribution is 6.32. The molecule has 0 bridgehead atoms. The molecule has 134 valence electrons. The maximum atomic E-state index is 11.7. The highest BCUT2D eigenvalue weighted by atomic mass is 35.5. The van der Waals surface area contributed by atoms with E-state index >= 15 is 0 Å². The van der Waals surface area contributed by atoms with Crippen molar-refractivity contribution in [3.05, 3.63) is 28.8 Å². The molecule has 0 radical (unpaired) electrons. The Bertz CT molecular complexity index is 548. The van der Waals surface area contributed by atoms with Crippen LogP contribution in [0.25, 0.3) is 0 Å². The Labute approximate surface area is 147 Å². The number of halogens is 1. The van der Waals surface area contributed by atoms with E-state index in [1.54, 1.807) is 0 Å². The fourth-order valence-electron chi connectivity index (χ4n) is 1.74. The van der Waals surface area contributed by atoms with Crippen LogP contribution in [-0.4, -0.2) is 45.4 Å². The third kappa shape index (κ3) is 7.66. The van der Waals surface area contributed by atoms with E-state index in [0.717, 1.165) is 6.42 Å². The Hall–Kier alpha value is -1.79. The largest absolute Gasteiger partial charge is 0.482 e. The number of nitrogens with one attached hydrogen (secondary N) is 1. The second-order valence-corrected chi connectivity index (χ2v) is 5.98. The van der Waals surface area contributed by atoms with Crippen molar-refractivity contribution in [2.45, 2.75) is 20.3 Å². The predicted molar refractivity (Wildman–Crippen MR) is 91.6 cm³/mol. The van der Waals surface area contributed by atoms with Gasteiger partial charge in [0.05, 0.1) is 24.3 Å². The summed E-state index contributed by atoms with van der Waals surface area (Å²) in [5.41, 5.74) is 0.317. The first-order chi connectivity index (χ1) is 11.4. The predicted octanol–water partition coefficient (Wildman–Crippen LogP) is 2.68. The van der Waals surface area contributed by atoms with Gasteiger partial charge < -0.3 is 19.5 Å². The second kappa shape index (κ2) is 10.9. The minimum atomic E-state index is -0.487. The minimum absolute atomic E-state index is 0.163. The average Bonchev–Trinajstić information content (AvgIpc) is 2.55. The number of rotatable bonds is 10. The average molecular weight is 358 g/mol. The van der Waals surface area contributed by atoms with Gasteiger partial charge in [-0.25, -0.2) is 4.79 Å². The van der Waals surface area contributed by atoms with Crippen molar-refractivity contribution < 1.29 is 23.8 Å². The number of carbonyl (C=O) groups is 2. The number of methoxy groups -OCH3 is 1. The van der Waals surface area contributed by atoms with Gasteiger partial charge in [-0.05, 0) is 30.5 Å². The number of benzene rings is 1. The van der Waals surface area contributed by atoms with E-state index in [4.69, 9.17) is 21.1 Å². The minimum Gasteiger partial charge on any atom is -0.482 e. The third-order valence-electron chi connectivity index (χ3n) is 3.12. The lowest BCUT2D eigenvalue weighted by Gasteiger charge is -2.10. The number of ether oxygens (including phenoxy) is 3. The van der Waals surface area contributed by atoms with E-state index in [0.29, 0.717) is 37.0 Å². The molecule has 1 rings (SSSR count). The van der Waals surface area contributed by atoms with Crippen molar-refractivity contribution in [2.75, 3.05) is 33.5 Å². The summed E-state index contributed by atoms with van der Waals surface area (Å²) >= 11 is 6.02. The fraction of sp³-hybridized carbons (Fsp3) is 0.529. The van der Waals surface area contributed by atoms with Crippen LogP contribution in [0.5, 0.6) is 5.75 Å². The molecule has 6 nitrogen and oxygen atoms in total. The molecule has 0 aliphatic rings. The standard InChI is InChI=1S/C17H24ClNO5/c1-12(2)6-8-23-9-7-19-16(20)11-24-15-5-4-13(10-14(15)18)17(21)22-3/h4-5,10,12H,6-9,11H2,1-3H3,(H,19,20). The van der Waals surface area contributed by atoms with Gasteiger partial charge in [-0.15, -0.1) is 0 Å². The maximum absolute atomic E-state index is 11.7. The van der Waals surface area contributed by atoms with Crippen molar-refractivity contribution in [2.24, 2.45) is 5.92 Å². The molecule has 1 amide bonds. The third-order valence-corrected chi connectivity index (χ3v) is 3.42. The highest BCUT2D eigenvalue weighted by Gasteiger charge is 2.10. The van der Waals surface area contributed by atoms with E-state index in [2.05, 4.69) is 23.9 Å². The Kier molecular flexibility index (Phi) is 9.19. The SMILES string of the molecule is COC(=O)c1ccc(OCC(=O)NCCOCCC(C)C)c(Cl)c1. The number of esters is 1. The summed E-state index contributed by atoms with van der Waals surface area (Å²) in [6, 6.07) is 4.48. The Balaban J connectivity index is 2.28. The number of hydrogen-bond donors (Lipinski definition) is 1. The van der Waals surface area contributed by atoms with Gasteiger partial charge in [0.25, 0.3) is 5.91 Å². The zero-order valence-electron chi connectivity index (χ0n) is 14.3. The van der Waals surface area contributed by atoms with Crippen LogP contribution in [0.1, 0.15) is 30.6 Å². The van der Waals surface area contributed by atoms with Crippen LogP contribution < -0.4 is 10.1 Å². The monoisotopic (exact) mass is 357 g/mol. The van der Waals surface area contributed by atoms with E-state index in [1.165, 1.54) is 25.3 Å². The highest BCUT2D eigenvalue weighted by Crippen LogP contribution is 2.25. The molecule has 0 saturated carbocycles.